The van der Waals surface area contributed by atoms with Crippen LogP contribution in [0.15, 0.2) is 12.1 Å². The molecule has 94 valence electrons. The zero-order valence-corrected chi connectivity index (χ0v) is 8.84. The van der Waals surface area contributed by atoms with Crippen molar-refractivity contribution in [2.45, 2.75) is 13.1 Å². The first-order chi connectivity index (χ1) is 7.70. The molecule has 0 radical (unpaired) electrons. The van der Waals surface area contributed by atoms with Crippen LogP contribution in [0, 0.1) is 6.92 Å². The largest absolute Gasteiger partial charge is 0.484 e. The molecule has 0 heterocycles. The second-order valence-corrected chi connectivity index (χ2v) is 3.41. The maximum absolute atomic E-state index is 11.9. The standard InChI is InChI=1S/C10H10F3NO3/c1-5-2-6(17-4-10(11,12)13)3-7(8(5)14)9(15)16/h2-3H,4,14H2,1H3,(H,15,16). The quantitative estimate of drug-likeness (QED) is 0.805. The van der Waals surface area contributed by atoms with Gasteiger partial charge in [-0.25, -0.2) is 4.79 Å². The minimum atomic E-state index is -4.47. The lowest BCUT2D eigenvalue weighted by molar-refractivity contribution is -0.153. The van der Waals surface area contributed by atoms with Gasteiger partial charge in [0, 0.05) is 5.69 Å². The monoisotopic (exact) mass is 249 g/mol. The Bertz CT molecular complexity index is 443. The molecule has 0 saturated heterocycles. The van der Waals surface area contributed by atoms with Gasteiger partial charge >= 0.3 is 12.1 Å². The summed E-state index contributed by atoms with van der Waals surface area (Å²) in [6.45, 7) is 0.0115. The third-order valence-corrected chi connectivity index (χ3v) is 1.99. The van der Waals surface area contributed by atoms with Crippen LogP contribution in [0.1, 0.15) is 15.9 Å². The number of alkyl halides is 3. The minimum Gasteiger partial charge on any atom is -0.484 e. The van der Waals surface area contributed by atoms with Crippen molar-refractivity contribution in [1.29, 1.82) is 0 Å². The molecule has 0 spiro atoms. The fourth-order valence-corrected chi connectivity index (χ4v) is 1.19. The van der Waals surface area contributed by atoms with Crippen molar-refractivity contribution < 1.29 is 27.8 Å². The number of benzene rings is 1. The molecule has 0 aromatic heterocycles. The summed E-state index contributed by atoms with van der Waals surface area (Å²) in [5, 5.41) is 8.78. The van der Waals surface area contributed by atoms with Gasteiger partial charge < -0.3 is 15.6 Å². The van der Waals surface area contributed by atoms with Gasteiger partial charge in [-0.15, -0.1) is 0 Å². The van der Waals surface area contributed by atoms with E-state index in [-0.39, 0.29) is 17.0 Å². The van der Waals surface area contributed by atoms with E-state index >= 15 is 0 Å². The molecule has 17 heavy (non-hydrogen) atoms. The van der Waals surface area contributed by atoms with Crippen LogP contribution in [0.2, 0.25) is 0 Å². The van der Waals surface area contributed by atoms with E-state index in [1.54, 1.807) is 0 Å². The fourth-order valence-electron chi connectivity index (χ4n) is 1.19. The van der Waals surface area contributed by atoms with Crippen LogP contribution in [0.5, 0.6) is 5.75 Å². The molecule has 0 fully saturated rings. The number of hydrogen-bond donors (Lipinski definition) is 2. The highest BCUT2D eigenvalue weighted by molar-refractivity contribution is 5.95. The van der Waals surface area contributed by atoms with Crippen molar-refractivity contribution in [2.24, 2.45) is 0 Å². The third kappa shape index (κ3) is 3.54. The number of carboxylic acids is 1. The molecule has 0 unspecified atom stereocenters. The Labute approximate surface area is 94.8 Å². The third-order valence-electron chi connectivity index (χ3n) is 1.99. The summed E-state index contributed by atoms with van der Waals surface area (Å²) in [5.41, 5.74) is 5.56. The fraction of sp³-hybridized carbons (Fsp3) is 0.300. The van der Waals surface area contributed by atoms with E-state index in [2.05, 4.69) is 4.74 Å². The molecule has 0 bridgehead atoms. The van der Waals surface area contributed by atoms with Crippen molar-refractivity contribution in [3.8, 4) is 5.75 Å². The topological polar surface area (TPSA) is 72.5 Å². The molecule has 0 aliphatic rings. The lowest BCUT2D eigenvalue weighted by Gasteiger charge is -2.12. The summed E-state index contributed by atoms with van der Waals surface area (Å²) in [5.74, 6) is -1.49. The Balaban J connectivity index is 2.99. The summed E-state index contributed by atoms with van der Waals surface area (Å²) in [4.78, 5) is 10.8. The lowest BCUT2D eigenvalue weighted by atomic mass is 10.1. The first-order valence-electron chi connectivity index (χ1n) is 4.53. The zero-order valence-electron chi connectivity index (χ0n) is 8.84. The Morgan fingerprint density at radius 1 is 1.47 bits per heavy atom. The molecule has 3 N–H and O–H groups in total. The number of aryl methyl sites for hydroxylation is 1. The molecule has 1 rings (SSSR count). The number of rotatable bonds is 3. The van der Waals surface area contributed by atoms with Gasteiger partial charge in [0.1, 0.15) is 5.75 Å². The van der Waals surface area contributed by atoms with Gasteiger partial charge in [-0.05, 0) is 24.6 Å². The van der Waals surface area contributed by atoms with Crippen LogP contribution in [-0.4, -0.2) is 23.9 Å². The van der Waals surface area contributed by atoms with Gasteiger partial charge in [-0.3, -0.25) is 0 Å². The number of anilines is 1. The highest BCUT2D eigenvalue weighted by atomic mass is 19.4. The Morgan fingerprint density at radius 2 is 2.06 bits per heavy atom. The molecular weight excluding hydrogens is 239 g/mol. The zero-order chi connectivity index (χ0) is 13.2. The van der Waals surface area contributed by atoms with Crippen LogP contribution < -0.4 is 10.5 Å². The predicted octanol–water partition coefficient (Wildman–Crippen LogP) is 2.22. The van der Waals surface area contributed by atoms with Crippen molar-refractivity contribution >= 4 is 11.7 Å². The summed E-state index contributed by atoms with van der Waals surface area (Å²) in [6, 6.07) is 2.23. The van der Waals surface area contributed by atoms with Crippen LogP contribution in [0.4, 0.5) is 18.9 Å². The average molecular weight is 249 g/mol. The van der Waals surface area contributed by atoms with Crippen LogP contribution in [-0.2, 0) is 0 Å². The van der Waals surface area contributed by atoms with E-state index in [1.165, 1.54) is 13.0 Å². The Hall–Kier alpha value is -1.92. The van der Waals surface area contributed by atoms with Gasteiger partial charge in [0.25, 0.3) is 0 Å². The number of nitrogens with two attached hydrogens (primary N) is 1. The molecule has 0 saturated carbocycles. The summed E-state index contributed by atoms with van der Waals surface area (Å²) >= 11 is 0. The second kappa shape index (κ2) is 4.52. The van der Waals surface area contributed by atoms with E-state index in [1.807, 2.05) is 0 Å². The van der Waals surface area contributed by atoms with Gasteiger partial charge in [-0.2, -0.15) is 13.2 Å². The average Bonchev–Trinajstić information content (AvgIpc) is 2.18. The lowest BCUT2D eigenvalue weighted by Crippen LogP contribution is -2.19. The van der Waals surface area contributed by atoms with E-state index in [0.717, 1.165) is 6.07 Å². The summed E-state index contributed by atoms with van der Waals surface area (Å²) in [6.07, 6.45) is -4.47. The van der Waals surface area contributed by atoms with Gasteiger partial charge in [0.05, 0.1) is 5.56 Å². The normalized spacial score (nSPS) is 11.3. The van der Waals surface area contributed by atoms with Crippen molar-refractivity contribution in [3.05, 3.63) is 23.3 Å². The maximum Gasteiger partial charge on any atom is 0.422 e. The van der Waals surface area contributed by atoms with Crippen molar-refractivity contribution in [1.82, 2.24) is 0 Å². The highest BCUT2D eigenvalue weighted by Crippen LogP contribution is 2.26. The van der Waals surface area contributed by atoms with Gasteiger partial charge in [0.2, 0.25) is 0 Å². The number of carbonyl (C=O) groups is 1. The van der Waals surface area contributed by atoms with E-state index < -0.39 is 18.8 Å². The molecule has 0 atom stereocenters. The summed E-state index contributed by atoms with van der Waals surface area (Å²) < 4.78 is 40.2. The van der Waals surface area contributed by atoms with Crippen molar-refractivity contribution in [3.63, 3.8) is 0 Å². The first kappa shape index (κ1) is 13.1. The summed E-state index contributed by atoms with van der Waals surface area (Å²) in [7, 11) is 0. The predicted molar refractivity (Wildman–Crippen MR) is 54.1 cm³/mol. The van der Waals surface area contributed by atoms with Gasteiger partial charge in [0.15, 0.2) is 6.61 Å². The Kier molecular flexibility index (Phi) is 3.50. The molecule has 1 aromatic rings. The SMILES string of the molecule is Cc1cc(OCC(F)(F)F)cc(C(=O)O)c1N. The molecule has 0 aliphatic carbocycles. The first-order valence-corrected chi connectivity index (χ1v) is 4.53. The number of aromatic carboxylic acids is 1. The van der Waals surface area contributed by atoms with Gasteiger partial charge in [-0.1, -0.05) is 0 Å². The van der Waals surface area contributed by atoms with Crippen molar-refractivity contribution in [2.75, 3.05) is 12.3 Å². The molecule has 4 nitrogen and oxygen atoms in total. The van der Waals surface area contributed by atoms with Crippen LogP contribution in [0.25, 0.3) is 0 Å². The number of ether oxygens (including phenoxy) is 1. The molecular formula is C10H10F3NO3. The number of hydrogen-bond acceptors (Lipinski definition) is 3. The minimum absolute atomic E-state index is 0.0110. The smallest absolute Gasteiger partial charge is 0.422 e. The second-order valence-electron chi connectivity index (χ2n) is 3.41. The molecule has 7 heteroatoms. The molecule has 0 amide bonds. The van der Waals surface area contributed by atoms with E-state index in [9.17, 15) is 18.0 Å². The Morgan fingerprint density at radius 3 is 2.53 bits per heavy atom. The number of carboxylic acid groups (broad SMARTS) is 1. The number of nitrogen functional groups attached to an aromatic ring is 1. The highest BCUT2D eigenvalue weighted by Gasteiger charge is 2.28. The number of halogens is 3. The van der Waals surface area contributed by atoms with Crippen LogP contribution in [0.3, 0.4) is 0 Å². The van der Waals surface area contributed by atoms with Crippen LogP contribution >= 0.6 is 0 Å². The van der Waals surface area contributed by atoms with E-state index in [4.69, 9.17) is 10.8 Å². The molecule has 0 aliphatic heterocycles. The maximum atomic E-state index is 11.9. The molecule has 1 aromatic carbocycles. The van der Waals surface area contributed by atoms with E-state index in [0.29, 0.717) is 5.56 Å².